The van der Waals surface area contributed by atoms with Crippen LogP contribution < -0.4 is 11.1 Å². The van der Waals surface area contributed by atoms with Gasteiger partial charge in [0, 0.05) is 11.8 Å². The SMILES string of the molecule is CC(C)(C)NC(N)=NCCS(C)(=O)=O.I. The molecule has 92 valence electrons. The highest BCUT2D eigenvalue weighted by atomic mass is 127. The quantitative estimate of drug-likeness (QED) is 0.438. The first-order valence-electron chi connectivity index (χ1n) is 4.36. The molecule has 0 aliphatic carbocycles. The molecule has 0 aliphatic rings. The summed E-state index contributed by atoms with van der Waals surface area (Å²) in [5.74, 6) is 0.306. The minimum Gasteiger partial charge on any atom is -0.370 e. The molecular formula is C8H20IN3O2S. The van der Waals surface area contributed by atoms with Crippen molar-refractivity contribution in [2.24, 2.45) is 10.7 Å². The summed E-state index contributed by atoms with van der Waals surface area (Å²) in [7, 11) is -2.95. The standard InChI is InChI=1S/C8H19N3O2S.HI/c1-8(2,3)11-7(9)10-5-6-14(4,12)13;/h5-6H2,1-4H3,(H3,9,10,11);1H. The van der Waals surface area contributed by atoms with Gasteiger partial charge in [0.05, 0.1) is 12.3 Å². The summed E-state index contributed by atoms with van der Waals surface area (Å²) in [5, 5.41) is 2.94. The fourth-order valence-electron chi connectivity index (χ4n) is 0.756. The maximum atomic E-state index is 10.8. The first kappa shape index (κ1) is 17.3. The molecule has 7 heteroatoms. The maximum absolute atomic E-state index is 10.8. The van der Waals surface area contributed by atoms with Gasteiger partial charge in [0.2, 0.25) is 0 Å². The summed E-state index contributed by atoms with van der Waals surface area (Å²) in [6.45, 7) is 6.05. The van der Waals surface area contributed by atoms with Crippen LogP contribution in [0.4, 0.5) is 0 Å². The number of rotatable bonds is 3. The van der Waals surface area contributed by atoms with E-state index in [2.05, 4.69) is 10.3 Å². The van der Waals surface area contributed by atoms with Crippen molar-refractivity contribution in [1.29, 1.82) is 0 Å². The van der Waals surface area contributed by atoms with Gasteiger partial charge in [-0.25, -0.2) is 8.42 Å². The molecule has 15 heavy (non-hydrogen) atoms. The zero-order valence-corrected chi connectivity index (χ0v) is 12.7. The van der Waals surface area contributed by atoms with Gasteiger partial charge in [-0.15, -0.1) is 24.0 Å². The fraction of sp³-hybridized carbons (Fsp3) is 0.875. The molecule has 5 nitrogen and oxygen atoms in total. The Balaban J connectivity index is 0. The van der Waals surface area contributed by atoms with Crippen LogP contribution in [0.2, 0.25) is 0 Å². The minimum atomic E-state index is -2.95. The van der Waals surface area contributed by atoms with Crippen LogP contribution in [0.1, 0.15) is 20.8 Å². The Hall–Kier alpha value is -0.0500. The lowest BCUT2D eigenvalue weighted by Crippen LogP contribution is -2.45. The van der Waals surface area contributed by atoms with E-state index in [0.717, 1.165) is 0 Å². The van der Waals surface area contributed by atoms with E-state index in [1.165, 1.54) is 6.26 Å². The average Bonchev–Trinajstić information content (AvgIpc) is 1.78. The van der Waals surface area contributed by atoms with Crippen LogP contribution in [-0.2, 0) is 9.84 Å². The summed E-state index contributed by atoms with van der Waals surface area (Å²) in [6.07, 6.45) is 1.18. The normalized spacial score (nSPS) is 13.2. The van der Waals surface area contributed by atoms with Crippen molar-refractivity contribution in [2.45, 2.75) is 26.3 Å². The van der Waals surface area contributed by atoms with E-state index in [-0.39, 0.29) is 47.8 Å². The van der Waals surface area contributed by atoms with Gasteiger partial charge in [0.15, 0.2) is 5.96 Å². The number of hydrogen-bond donors (Lipinski definition) is 2. The number of nitrogens with zero attached hydrogens (tertiary/aromatic N) is 1. The Labute approximate surface area is 109 Å². The van der Waals surface area contributed by atoms with Crippen molar-refractivity contribution in [1.82, 2.24) is 5.32 Å². The highest BCUT2D eigenvalue weighted by molar-refractivity contribution is 14.0. The van der Waals surface area contributed by atoms with E-state index in [9.17, 15) is 8.42 Å². The van der Waals surface area contributed by atoms with Gasteiger partial charge >= 0.3 is 0 Å². The fourth-order valence-corrected chi connectivity index (χ4v) is 1.18. The molecule has 0 unspecified atom stereocenters. The lowest BCUT2D eigenvalue weighted by atomic mass is 10.1. The largest absolute Gasteiger partial charge is 0.370 e. The smallest absolute Gasteiger partial charge is 0.189 e. The van der Waals surface area contributed by atoms with E-state index in [0.29, 0.717) is 0 Å². The molecule has 0 saturated carbocycles. The van der Waals surface area contributed by atoms with E-state index in [1.807, 2.05) is 20.8 Å². The predicted molar refractivity (Wildman–Crippen MR) is 74.5 cm³/mol. The van der Waals surface area contributed by atoms with E-state index >= 15 is 0 Å². The topological polar surface area (TPSA) is 84.5 Å². The molecule has 0 amide bonds. The molecule has 0 aromatic heterocycles. The second-order valence-electron chi connectivity index (χ2n) is 4.27. The molecular weight excluding hydrogens is 329 g/mol. The molecule has 0 aromatic rings. The van der Waals surface area contributed by atoms with Gasteiger partial charge in [-0.1, -0.05) is 0 Å². The molecule has 0 atom stereocenters. The third-order valence-corrected chi connectivity index (χ3v) is 2.17. The van der Waals surface area contributed by atoms with Crippen LogP contribution in [0.15, 0.2) is 4.99 Å². The Morgan fingerprint density at radius 3 is 2.20 bits per heavy atom. The van der Waals surface area contributed by atoms with Gasteiger partial charge < -0.3 is 11.1 Å². The second-order valence-corrected chi connectivity index (χ2v) is 6.53. The zero-order valence-electron chi connectivity index (χ0n) is 9.57. The van der Waals surface area contributed by atoms with Crippen LogP contribution in [0.3, 0.4) is 0 Å². The van der Waals surface area contributed by atoms with Crippen molar-refractivity contribution in [2.75, 3.05) is 18.6 Å². The summed E-state index contributed by atoms with van der Waals surface area (Å²) >= 11 is 0. The molecule has 0 aliphatic heterocycles. The van der Waals surface area contributed by atoms with Crippen LogP contribution in [0, 0.1) is 0 Å². The van der Waals surface area contributed by atoms with E-state index in [1.54, 1.807) is 0 Å². The summed E-state index contributed by atoms with van der Waals surface area (Å²) < 4.78 is 21.5. The average molecular weight is 349 g/mol. The molecule has 0 heterocycles. The summed E-state index contributed by atoms with van der Waals surface area (Å²) in [5.41, 5.74) is 5.38. The third-order valence-electron chi connectivity index (χ3n) is 1.25. The number of nitrogens with one attached hydrogen (secondary N) is 1. The van der Waals surface area contributed by atoms with Gasteiger partial charge in [-0.2, -0.15) is 0 Å². The van der Waals surface area contributed by atoms with Gasteiger partial charge in [-0.05, 0) is 20.8 Å². The summed E-state index contributed by atoms with van der Waals surface area (Å²) in [6, 6.07) is 0. The molecule has 0 aromatic carbocycles. The highest BCUT2D eigenvalue weighted by Gasteiger charge is 2.09. The summed E-state index contributed by atoms with van der Waals surface area (Å²) in [4.78, 5) is 3.90. The number of aliphatic imine (C=N–C) groups is 1. The number of guanidine groups is 1. The lowest BCUT2D eigenvalue weighted by molar-refractivity contribution is 0.508. The number of nitrogens with two attached hydrogens (primary N) is 1. The zero-order chi connectivity index (χ0) is 11.4. The van der Waals surface area contributed by atoms with Crippen molar-refractivity contribution in [3.8, 4) is 0 Å². The molecule has 0 fully saturated rings. The van der Waals surface area contributed by atoms with Gasteiger partial charge in [0.25, 0.3) is 0 Å². The number of sulfone groups is 1. The van der Waals surface area contributed by atoms with Crippen LogP contribution >= 0.6 is 24.0 Å². The number of halogens is 1. The van der Waals surface area contributed by atoms with Crippen molar-refractivity contribution < 1.29 is 8.42 Å². The molecule has 0 radical (unpaired) electrons. The second kappa shape index (κ2) is 6.51. The van der Waals surface area contributed by atoms with Crippen LogP contribution in [-0.4, -0.2) is 38.5 Å². The Bertz CT molecular complexity index is 306. The van der Waals surface area contributed by atoms with Gasteiger partial charge in [-0.3, -0.25) is 4.99 Å². The minimum absolute atomic E-state index is 0. The lowest BCUT2D eigenvalue weighted by Gasteiger charge is -2.20. The van der Waals surface area contributed by atoms with Crippen molar-refractivity contribution >= 4 is 39.8 Å². The predicted octanol–water partition coefficient (Wildman–Crippen LogP) is 0.352. The molecule has 0 spiro atoms. The monoisotopic (exact) mass is 349 g/mol. The van der Waals surface area contributed by atoms with Gasteiger partial charge in [0.1, 0.15) is 9.84 Å². The number of hydrogen-bond acceptors (Lipinski definition) is 3. The first-order valence-corrected chi connectivity index (χ1v) is 6.42. The van der Waals surface area contributed by atoms with E-state index < -0.39 is 9.84 Å². The van der Waals surface area contributed by atoms with Crippen molar-refractivity contribution in [3.63, 3.8) is 0 Å². The first-order chi connectivity index (χ1) is 6.10. The maximum Gasteiger partial charge on any atom is 0.189 e. The van der Waals surface area contributed by atoms with Crippen LogP contribution in [0.25, 0.3) is 0 Å². The van der Waals surface area contributed by atoms with Crippen molar-refractivity contribution in [3.05, 3.63) is 0 Å². The molecule has 0 rings (SSSR count). The highest BCUT2D eigenvalue weighted by Crippen LogP contribution is 1.96. The van der Waals surface area contributed by atoms with E-state index in [4.69, 9.17) is 5.73 Å². The van der Waals surface area contributed by atoms with Crippen LogP contribution in [0.5, 0.6) is 0 Å². The Kier molecular flexibility index (Phi) is 7.53. The molecule has 0 bridgehead atoms. The third kappa shape index (κ3) is 14.0. The molecule has 0 saturated heterocycles. The Morgan fingerprint density at radius 2 is 1.87 bits per heavy atom. The Morgan fingerprint density at radius 1 is 1.40 bits per heavy atom. The molecule has 3 N–H and O–H groups in total.